The number of halogens is 1. The highest BCUT2D eigenvalue weighted by Crippen LogP contribution is 2.30. The molecule has 37 heavy (non-hydrogen) atoms. The normalized spacial score (nSPS) is 18.4. The number of amides is 2. The highest BCUT2D eigenvalue weighted by molar-refractivity contribution is 7.17. The molecule has 0 radical (unpaired) electrons. The lowest BCUT2D eigenvalue weighted by Gasteiger charge is -2.38. The quantitative estimate of drug-likeness (QED) is 0.280. The minimum atomic E-state index is -0.617. The molecule has 3 unspecified atom stereocenters. The average molecular weight is 557 g/mol. The molecule has 14 heteroatoms. The van der Waals surface area contributed by atoms with Crippen LogP contribution in [0, 0.1) is 0 Å². The molecular weight excluding hydrogens is 524 g/mol. The van der Waals surface area contributed by atoms with E-state index < -0.39 is 18.1 Å². The van der Waals surface area contributed by atoms with Crippen LogP contribution < -0.4 is 15.5 Å². The van der Waals surface area contributed by atoms with Crippen LogP contribution in [0.15, 0.2) is 0 Å². The molecule has 1 fully saturated rings. The van der Waals surface area contributed by atoms with Crippen molar-refractivity contribution in [1.29, 1.82) is 0 Å². The fourth-order valence-electron chi connectivity index (χ4n) is 3.85. The van der Waals surface area contributed by atoms with E-state index in [9.17, 15) is 14.4 Å². The number of H-pyrrole nitrogens is 1. The Morgan fingerprint density at radius 3 is 2.59 bits per heavy atom. The maximum Gasteiger partial charge on any atom is 0.350 e. The zero-order valence-corrected chi connectivity index (χ0v) is 23.1. The summed E-state index contributed by atoms with van der Waals surface area (Å²) in [6, 6.07) is -0.285. The largest absolute Gasteiger partial charge is 0.462 e. The lowest BCUT2D eigenvalue weighted by Crippen LogP contribution is -2.55. The van der Waals surface area contributed by atoms with E-state index in [1.807, 2.05) is 18.7 Å². The van der Waals surface area contributed by atoms with Gasteiger partial charge in [0, 0.05) is 26.8 Å². The van der Waals surface area contributed by atoms with Crippen LogP contribution in [-0.4, -0.2) is 84.5 Å². The molecule has 0 saturated carbocycles. The minimum Gasteiger partial charge on any atom is -0.462 e. The Labute approximate surface area is 224 Å². The summed E-state index contributed by atoms with van der Waals surface area (Å²) in [5, 5.41) is 6.41. The maximum absolute atomic E-state index is 12.8. The smallest absolute Gasteiger partial charge is 0.350 e. The molecule has 0 spiro atoms. The number of ether oxygens (including phenoxy) is 3. The van der Waals surface area contributed by atoms with Gasteiger partial charge in [0.05, 0.1) is 24.4 Å². The number of carbonyl (C=O) groups excluding carboxylic acids is 3. The lowest BCUT2D eigenvalue weighted by atomic mass is 10.0. The molecule has 1 aliphatic heterocycles. The van der Waals surface area contributed by atoms with Gasteiger partial charge in [0.2, 0.25) is 0 Å². The molecule has 2 aromatic rings. The number of methoxy groups -OCH3 is 1. The molecule has 1 saturated heterocycles. The lowest BCUT2D eigenvalue weighted by molar-refractivity contribution is 0.0271. The van der Waals surface area contributed by atoms with Crippen molar-refractivity contribution in [3.63, 3.8) is 0 Å². The van der Waals surface area contributed by atoms with Gasteiger partial charge in [-0.1, -0.05) is 29.9 Å². The zero-order chi connectivity index (χ0) is 27.1. The molecular formula is C23H33ClN6O6S. The average Bonchev–Trinajstić information content (AvgIpc) is 3.49. The summed E-state index contributed by atoms with van der Waals surface area (Å²) >= 11 is 7.17. The van der Waals surface area contributed by atoms with Crippen LogP contribution in [0.4, 0.5) is 5.13 Å². The third-order valence-electron chi connectivity index (χ3n) is 5.80. The van der Waals surface area contributed by atoms with Crippen molar-refractivity contribution >= 4 is 45.9 Å². The monoisotopic (exact) mass is 556 g/mol. The highest BCUT2D eigenvalue weighted by Gasteiger charge is 2.35. The van der Waals surface area contributed by atoms with Crippen molar-refractivity contribution in [3.05, 3.63) is 27.2 Å². The Kier molecular flexibility index (Phi) is 10.3. The first-order valence-electron chi connectivity index (χ1n) is 12.2. The minimum absolute atomic E-state index is 0.0211. The summed E-state index contributed by atoms with van der Waals surface area (Å²) < 4.78 is 16.2. The van der Waals surface area contributed by atoms with Crippen LogP contribution in [-0.2, 0) is 20.6 Å². The molecule has 2 amide bonds. The second-order valence-corrected chi connectivity index (χ2v) is 9.60. The summed E-state index contributed by atoms with van der Waals surface area (Å²) in [7, 11) is 1.46. The van der Waals surface area contributed by atoms with E-state index in [1.54, 1.807) is 13.8 Å². The number of aromatic nitrogens is 3. The third kappa shape index (κ3) is 6.98. The first-order valence-corrected chi connectivity index (χ1v) is 13.3. The Hall–Kier alpha value is -2.74. The number of aromatic amines is 1. The van der Waals surface area contributed by atoms with Crippen LogP contribution in [0.3, 0.4) is 0 Å². The molecule has 3 rings (SSSR count). The van der Waals surface area contributed by atoms with E-state index in [4.69, 9.17) is 25.8 Å². The Bertz CT molecular complexity index is 1110. The SMILES string of the molecule is CCOC(=O)c1sc(N2CCC(NC(=O)c3nc(Cl)c(CC)[nH]3)C(OCC)C2)nc1C(=O)NC(C)OC. The molecule has 2 aromatic heterocycles. The van der Waals surface area contributed by atoms with Gasteiger partial charge in [-0.05, 0) is 33.6 Å². The standard InChI is InChI=1S/C23H33ClN6O6S/c1-6-13-18(24)29-19(26-13)21(32)27-14-9-10-30(11-15(14)35-7-2)23-28-16(20(31)25-12(4)34-5)17(37-23)22(33)36-8-3/h12,14-15H,6-11H2,1-5H3,(H,25,31)(H,26,29)(H,27,32). The van der Waals surface area contributed by atoms with E-state index >= 15 is 0 Å². The van der Waals surface area contributed by atoms with Gasteiger partial charge in [-0.2, -0.15) is 0 Å². The molecule has 204 valence electrons. The first kappa shape index (κ1) is 28.8. The number of hydrogen-bond donors (Lipinski definition) is 3. The van der Waals surface area contributed by atoms with Crippen LogP contribution in [0.1, 0.15) is 70.6 Å². The van der Waals surface area contributed by atoms with Gasteiger partial charge in [0.1, 0.15) is 11.1 Å². The first-order chi connectivity index (χ1) is 17.7. The predicted molar refractivity (Wildman–Crippen MR) is 138 cm³/mol. The van der Waals surface area contributed by atoms with Crippen molar-refractivity contribution in [2.24, 2.45) is 0 Å². The fraction of sp³-hybridized carbons (Fsp3) is 0.609. The topological polar surface area (TPSA) is 148 Å². The summed E-state index contributed by atoms with van der Waals surface area (Å²) in [5.41, 5.74) is 0.677. The maximum atomic E-state index is 12.8. The summed E-state index contributed by atoms with van der Waals surface area (Å²) in [5.74, 6) is -1.37. The number of nitrogens with one attached hydrogen (secondary N) is 3. The molecule has 0 aliphatic carbocycles. The molecule has 3 N–H and O–H groups in total. The van der Waals surface area contributed by atoms with Gasteiger partial charge in [0.15, 0.2) is 21.8 Å². The Morgan fingerprint density at radius 2 is 1.97 bits per heavy atom. The highest BCUT2D eigenvalue weighted by atomic mass is 35.5. The number of anilines is 1. The second-order valence-electron chi connectivity index (χ2n) is 8.26. The fourth-order valence-corrected chi connectivity index (χ4v) is 5.11. The van der Waals surface area contributed by atoms with Crippen molar-refractivity contribution in [2.45, 2.75) is 58.9 Å². The van der Waals surface area contributed by atoms with Gasteiger partial charge >= 0.3 is 5.97 Å². The van der Waals surface area contributed by atoms with E-state index in [0.29, 0.717) is 43.4 Å². The number of rotatable bonds is 11. The molecule has 1 aliphatic rings. The van der Waals surface area contributed by atoms with Crippen LogP contribution in [0.5, 0.6) is 0 Å². The Morgan fingerprint density at radius 1 is 1.22 bits per heavy atom. The predicted octanol–water partition coefficient (Wildman–Crippen LogP) is 2.39. The molecule has 12 nitrogen and oxygen atoms in total. The third-order valence-corrected chi connectivity index (χ3v) is 7.21. The summed E-state index contributed by atoms with van der Waals surface area (Å²) in [4.78, 5) is 51.8. The van der Waals surface area contributed by atoms with Gasteiger partial charge in [0.25, 0.3) is 11.8 Å². The van der Waals surface area contributed by atoms with Gasteiger partial charge in [-0.3, -0.25) is 9.59 Å². The van der Waals surface area contributed by atoms with Crippen molar-refractivity contribution in [3.8, 4) is 0 Å². The van der Waals surface area contributed by atoms with E-state index in [2.05, 4.69) is 25.6 Å². The number of carbonyl (C=O) groups is 3. The van der Waals surface area contributed by atoms with Crippen molar-refractivity contribution in [2.75, 3.05) is 38.3 Å². The number of esters is 1. The number of nitrogens with zero attached hydrogens (tertiary/aromatic N) is 3. The number of hydrogen-bond acceptors (Lipinski definition) is 10. The molecule has 0 bridgehead atoms. The summed E-state index contributed by atoms with van der Waals surface area (Å²) in [6.45, 7) is 8.66. The van der Waals surface area contributed by atoms with Crippen molar-refractivity contribution < 1.29 is 28.6 Å². The molecule has 3 atom stereocenters. The van der Waals surface area contributed by atoms with Gasteiger partial charge < -0.3 is 34.7 Å². The summed E-state index contributed by atoms with van der Waals surface area (Å²) in [6.07, 6.45) is 0.249. The van der Waals surface area contributed by atoms with Gasteiger partial charge in [-0.15, -0.1) is 0 Å². The van der Waals surface area contributed by atoms with Crippen LogP contribution >= 0.6 is 22.9 Å². The number of thiazole rings is 1. The van der Waals surface area contributed by atoms with E-state index in [0.717, 1.165) is 11.3 Å². The van der Waals surface area contributed by atoms with Crippen molar-refractivity contribution in [1.82, 2.24) is 25.6 Å². The Balaban J connectivity index is 1.78. The van der Waals surface area contributed by atoms with Gasteiger partial charge in [-0.25, -0.2) is 14.8 Å². The molecule has 3 heterocycles. The second kappa shape index (κ2) is 13.2. The van der Waals surface area contributed by atoms with Crippen LogP contribution in [0.25, 0.3) is 0 Å². The molecule has 0 aromatic carbocycles. The number of imidazole rings is 1. The number of piperidine rings is 1. The van der Waals surface area contributed by atoms with Crippen LogP contribution in [0.2, 0.25) is 5.15 Å². The van der Waals surface area contributed by atoms with E-state index in [-0.39, 0.29) is 46.2 Å². The number of aryl methyl sites for hydroxylation is 1. The van der Waals surface area contributed by atoms with E-state index in [1.165, 1.54) is 7.11 Å². The zero-order valence-electron chi connectivity index (χ0n) is 21.6.